The number of urea groups is 1. The zero-order valence-electron chi connectivity index (χ0n) is 13.0. The number of esters is 1. The molecule has 3 rings (SSSR count). The fraction of sp³-hybridized carbons (Fsp3) is 0.562. The number of aromatic nitrogens is 1. The topological polar surface area (TPSA) is 83.6 Å². The van der Waals surface area contributed by atoms with Gasteiger partial charge in [0.25, 0.3) is 0 Å². The minimum Gasteiger partial charge on any atom is -0.461 e. The number of hydrogen-bond acceptors (Lipinski definition) is 5. The molecule has 0 radical (unpaired) electrons. The maximum absolute atomic E-state index is 12.2. The van der Waals surface area contributed by atoms with Crippen LogP contribution < -0.4 is 15.5 Å². The van der Waals surface area contributed by atoms with E-state index >= 15 is 0 Å². The highest BCUT2D eigenvalue weighted by Crippen LogP contribution is 2.21. The molecule has 0 spiro atoms. The quantitative estimate of drug-likeness (QED) is 0.814. The second kappa shape index (κ2) is 7.30. The standard InChI is InChI=1S/C16H22N4O3/c21-15(14-2-1-7-18-16(22)19-14)23-13-5-10-20(11-6-13)12-3-8-17-9-4-12/h3-4,8-9,13-14H,1-2,5-7,10-11H2,(H2,18,19,22). The van der Waals surface area contributed by atoms with Crippen molar-refractivity contribution in [2.45, 2.75) is 37.8 Å². The van der Waals surface area contributed by atoms with E-state index in [-0.39, 0.29) is 18.1 Å². The molecule has 7 nitrogen and oxygen atoms in total. The number of carbonyl (C=O) groups excluding carboxylic acids is 2. The molecule has 2 aliphatic heterocycles. The van der Waals surface area contributed by atoms with Crippen LogP contribution in [0, 0.1) is 0 Å². The lowest BCUT2D eigenvalue weighted by atomic mass is 10.1. The van der Waals surface area contributed by atoms with Crippen molar-refractivity contribution in [1.29, 1.82) is 0 Å². The number of carbonyl (C=O) groups is 2. The molecule has 2 saturated heterocycles. The van der Waals surface area contributed by atoms with E-state index in [9.17, 15) is 9.59 Å². The van der Waals surface area contributed by atoms with E-state index in [0.29, 0.717) is 13.0 Å². The highest BCUT2D eigenvalue weighted by molar-refractivity contribution is 5.84. The molecule has 0 saturated carbocycles. The molecule has 2 N–H and O–H groups in total. The molecule has 7 heteroatoms. The third kappa shape index (κ3) is 4.12. The number of nitrogens with one attached hydrogen (secondary N) is 2. The van der Waals surface area contributed by atoms with Gasteiger partial charge in [0.05, 0.1) is 0 Å². The third-order valence-electron chi connectivity index (χ3n) is 4.30. The van der Waals surface area contributed by atoms with Crippen molar-refractivity contribution >= 4 is 17.7 Å². The van der Waals surface area contributed by atoms with Gasteiger partial charge >= 0.3 is 12.0 Å². The zero-order valence-corrected chi connectivity index (χ0v) is 13.0. The summed E-state index contributed by atoms with van der Waals surface area (Å²) in [6.45, 7) is 2.29. The third-order valence-corrected chi connectivity index (χ3v) is 4.30. The van der Waals surface area contributed by atoms with E-state index in [2.05, 4.69) is 20.5 Å². The summed E-state index contributed by atoms with van der Waals surface area (Å²) in [5, 5.41) is 5.35. The van der Waals surface area contributed by atoms with Crippen LogP contribution in [-0.2, 0) is 9.53 Å². The van der Waals surface area contributed by atoms with Crippen LogP contribution in [0.25, 0.3) is 0 Å². The number of hydrogen-bond donors (Lipinski definition) is 2. The first-order chi connectivity index (χ1) is 11.2. The largest absolute Gasteiger partial charge is 0.461 e. The van der Waals surface area contributed by atoms with Gasteiger partial charge in [-0.1, -0.05) is 0 Å². The van der Waals surface area contributed by atoms with Crippen molar-refractivity contribution in [2.24, 2.45) is 0 Å². The molecule has 1 aromatic rings. The van der Waals surface area contributed by atoms with Crippen molar-refractivity contribution in [3.63, 3.8) is 0 Å². The molecule has 1 atom stereocenters. The Kier molecular flexibility index (Phi) is 4.95. The van der Waals surface area contributed by atoms with Crippen molar-refractivity contribution in [3.05, 3.63) is 24.5 Å². The number of nitrogens with zero attached hydrogens (tertiary/aromatic N) is 2. The Morgan fingerprint density at radius 3 is 2.70 bits per heavy atom. The summed E-state index contributed by atoms with van der Waals surface area (Å²) in [5.74, 6) is -0.315. The number of anilines is 1. The van der Waals surface area contributed by atoms with E-state index in [1.807, 2.05) is 12.1 Å². The molecule has 1 unspecified atom stereocenters. The van der Waals surface area contributed by atoms with Gasteiger partial charge in [-0.15, -0.1) is 0 Å². The number of piperidine rings is 1. The Morgan fingerprint density at radius 1 is 1.22 bits per heavy atom. The van der Waals surface area contributed by atoms with Crippen LogP contribution in [0.2, 0.25) is 0 Å². The fourth-order valence-corrected chi connectivity index (χ4v) is 3.00. The van der Waals surface area contributed by atoms with Gasteiger partial charge in [-0.05, 0) is 25.0 Å². The smallest absolute Gasteiger partial charge is 0.328 e. The molecule has 1 aromatic heterocycles. The lowest BCUT2D eigenvalue weighted by Crippen LogP contribution is -2.46. The molecule has 2 amide bonds. The predicted octanol–water partition coefficient (Wildman–Crippen LogP) is 1.06. The van der Waals surface area contributed by atoms with Crippen LogP contribution in [0.5, 0.6) is 0 Å². The normalized spacial score (nSPS) is 22.7. The number of pyridine rings is 1. The number of rotatable bonds is 3. The SMILES string of the molecule is O=C1NCCCC(C(=O)OC2CCN(c3ccncc3)CC2)N1. The van der Waals surface area contributed by atoms with Crippen LogP contribution in [0.15, 0.2) is 24.5 Å². The molecule has 23 heavy (non-hydrogen) atoms. The first kappa shape index (κ1) is 15.6. The number of amides is 2. The molecule has 3 heterocycles. The van der Waals surface area contributed by atoms with Crippen LogP contribution in [0.4, 0.5) is 10.5 Å². The van der Waals surface area contributed by atoms with Crippen molar-refractivity contribution in [2.75, 3.05) is 24.5 Å². The molecule has 2 aliphatic rings. The van der Waals surface area contributed by atoms with Gasteiger partial charge in [0, 0.05) is 50.6 Å². The second-order valence-electron chi connectivity index (χ2n) is 5.92. The van der Waals surface area contributed by atoms with Gasteiger partial charge in [-0.3, -0.25) is 4.98 Å². The van der Waals surface area contributed by atoms with E-state index < -0.39 is 6.04 Å². The molecule has 0 aromatic carbocycles. The van der Waals surface area contributed by atoms with Crippen molar-refractivity contribution in [1.82, 2.24) is 15.6 Å². The van der Waals surface area contributed by atoms with E-state index in [0.717, 1.165) is 38.0 Å². The predicted molar refractivity (Wildman–Crippen MR) is 85.1 cm³/mol. The minimum atomic E-state index is -0.532. The van der Waals surface area contributed by atoms with Crippen molar-refractivity contribution in [3.8, 4) is 0 Å². The monoisotopic (exact) mass is 318 g/mol. The van der Waals surface area contributed by atoms with Crippen LogP contribution in [-0.4, -0.2) is 48.8 Å². The summed E-state index contributed by atoms with van der Waals surface area (Å²) >= 11 is 0. The summed E-state index contributed by atoms with van der Waals surface area (Å²) < 4.78 is 5.60. The van der Waals surface area contributed by atoms with Gasteiger partial charge in [0.2, 0.25) is 0 Å². The van der Waals surface area contributed by atoms with Crippen molar-refractivity contribution < 1.29 is 14.3 Å². The Balaban J connectivity index is 1.48. The van der Waals surface area contributed by atoms with Crippen LogP contribution in [0.3, 0.4) is 0 Å². The van der Waals surface area contributed by atoms with Gasteiger partial charge in [-0.25, -0.2) is 9.59 Å². The summed E-state index contributed by atoms with van der Waals surface area (Å²) in [7, 11) is 0. The molecule has 124 valence electrons. The van der Waals surface area contributed by atoms with E-state index in [1.54, 1.807) is 12.4 Å². The van der Waals surface area contributed by atoms with Gasteiger partial charge < -0.3 is 20.3 Å². The lowest BCUT2D eigenvalue weighted by Gasteiger charge is -2.33. The number of ether oxygens (including phenoxy) is 1. The Labute approximate surface area is 135 Å². The summed E-state index contributed by atoms with van der Waals surface area (Å²) in [6, 6.07) is 3.15. The summed E-state index contributed by atoms with van der Waals surface area (Å²) in [5.41, 5.74) is 1.15. The Morgan fingerprint density at radius 2 is 1.96 bits per heavy atom. The lowest BCUT2D eigenvalue weighted by molar-refractivity contribution is -0.152. The maximum atomic E-state index is 12.2. The molecular weight excluding hydrogens is 296 g/mol. The second-order valence-corrected chi connectivity index (χ2v) is 5.92. The van der Waals surface area contributed by atoms with Gasteiger partial charge in [-0.2, -0.15) is 0 Å². The van der Waals surface area contributed by atoms with Crippen LogP contribution in [0.1, 0.15) is 25.7 Å². The van der Waals surface area contributed by atoms with E-state index in [4.69, 9.17) is 4.74 Å². The van der Waals surface area contributed by atoms with Gasteiger partial charge in [0.15, 0.2) is 0 Å². The Bertz CT molecular complexity index is 544. The average Bonchev–Trinajstić information content (AvgIpc) is 2.81. The van der Waals surface area contributed by atoms with E-state index in [1.165, 1.54) is 0 Å². The highest BCUT2D eigenvalue weighted by atomic mass is 16.5. The first-order valence-corrected chi connectivity index (χ1v) is 8.12. The maximum Gasteiger partial charge on any atom is 0.328 e. The Hall–Kier alpha value is -2.31. The summed E-state index contributed by atoms with van der Waals surface area (Å²) in [4.78, 5) is 30.0. The molecule has 2 fully saturated rings. The zero-order chi connectivity index (χ0) is 16.1. The highest BCUT2D eigenvalue weighted by Gasteiger charge is 2.28. The molecule has 0 bridgehead atoms. The summed E-state index contributed by atoms with van der Waals surface area (Å²) in [6.07, 6.45) is 6.48. The molecule has 0 aliphatic carbocycles. The fourth-order valence-electron chi connectivity index (χ4n) is 3.00. The minimum absolute atomic E-state index is 0.0753. The first-order valence-electron chi connectivity index (χ1n) is 8.12. The average molecular weight is 318 g/mol. The van der Waals surface area contributed by atoms with Gasteiger partial charge in [0.1, 0.15) is 12.1 Å². The van der Waals surface area contributed by atoms with Crippen LogP contribution >= 0.6 is 0 Å². The molecular formula is C16H22N4O3.